The van der Waals surface area contributed by atoms with Crippen molar-refractivity contribution in [3.63, 3.8) is 0 Å². The number of halogens is 1. The molecule has 3 aromatic carbocycles. The number of hydrogen-bond acceptors (Lipinski definition) is 13. The fourth-order valence-corrected chi connectivity index (χ4v) is 11.4. The van der Waals surface area contributed by atoms with Crippen LogP contribution in [0.4, 0.5) is 15.8 Å². The van der Waals surface area contributed by atoms with E-state index in [-0.39, 0.29) is 47.1 Å². The van der Waals surface area contributed by atoms with Gasteiger partial charge in [-0.2, -0.15) is 0 Å². The first kappa shape index (κ1) is 47.4. The Labute approximate surface area is 387 Å². The molecule has 5 aliphatic rings. The molecule has 17 heteroatoms. The highest BCUT2D eigenvalue weighted by atomic mass is 32.2. The van der Waals surface area contributed by atoms with Gasteiger partial charge in [-0.25, -0.2) is 12.8 Å². The second-order valence-corrected chi connectivity index (χ2v) is 20.8. The van der Waals surface area contributed by atoms with E-state index in [4.69, 9.17) is 9.47 Å². The van der Waals surface area contributed by atoms with Crippen LogP contribution in [0.5, 0.6) is 11.5 Å². The van der Waals surface area contributed by atoms with Gasteiger partial charge in [0.05, 0.1) is 36.6 Å². The molecule has 0 saturated carbocycles. The van der Waals surface area contributed by atoms with Crippen LogP contribution in [0, 0.1) is 11.7 Å². The van der Waals surface area contributed by atoms with E-state index in [1.165, 1.54) is 26.0 Å². The van der Waals surface area contributed by atoms with Gasteiger partial charge in [0.15, 0.2) is 11.5 Å². The molecule has 3 aromatic rings. The van der Waals surface area contributed by atoms with Gasteiger partial charge < -0.3 is 34.8 Å². The fourth-order valence-electron chi connectivity index (χ4n) is 10.5. The predicted molar refractivity (Wildman–Crippen MR) is 250 cm³/mol. The number of anilines is 2. The summed E-state index contributed by atoms with van der Waals surface area (Å²) in [5, 5.41) is 9.00. The van der Waals surface area contributed by atoms with E-state index in [1.54, 1.807) is 30.3 Å². The number of amides is 4. The van der Waals surface area contributed by atoms with Crippen LogP contribution in [0.15, 0.2) is 54.6 Å². The zero-order chi connectivity index (χ0) is 46.5. The van der Waals surface area contributed by atoms with Crippen molar-refractivity contribution in [2.24, 2.45) is 5.92 Å². The number of nitrogens with one attached hydrogen (secondary N) is 3. The normalized spacial score (nSPS) is 21.5. The molecule has 8 rings (SSSR count). The van der Waals surface area contributed by atoms with Crippen molar-refractivity contribution in [3.05, 3.63) is 82.7 Å². The molecule has 0 spiro atoms. The number of imide groups is 2. The number of methoxy groups -OCH3 is 1. The van der Waals surface area contributed by atoms with Crippen LogP contribution in [-0.2, 0) is 19.4 Å². The largest absolute Gasteiger partial charge is 0.493 e. The molecular weight excluding hydrogens is 866 g/mol. The molecule has 15 nitrogen and oxygen atoms in total. The summed E-state index contributed by atoms with van der Waals surface area (Å²) < 4.78 is 51.9. The number of hydrogen-bond donors (Lipinski definition) is 3. The lowest BCUT2D eigenvalue weighted by atomic mass is 9.89. The minimum Gasteiger partial charge on any atom is -0.493 e. The van der Waals surface area contributed by atoms with Crippen molar-refractivity contribution >= 4 is 44.8 Å². The van der Waals surface area contributed by atoms with Gasteiger partial charge in [0.25, 0.3) is 11.8 Å². The predicted octanol–water partition coefficient (Wildman–Crippen LogP) is 5.30. The topological polar surface area (TPSA) is 170 Å². The molecule has 5 aliphatic heterocycles. The summed E-state index contributed by atoms with van der Waals surface area (Å²) >= 11 is 0. The number of rotatable bonds is 17. The summed E-state index contributed by atoms with van der Waals surface area (Å²) in [5.41, 5.74) is 2.87. The SMILES string of the molecule is CCOc1cc([C@@H](CS(C)(=O)=O)N2C(=O)c3cccc(NC4CCN(CC5CCN(CCN6CCC(c7ccc(NC8CCC(=O)NC8=O)cc7F)CC6)CC5)CC4)c3C2=O)ccc1OC. The Balaban J connectivity index is 0.767. The van der Waals surface area contributed by atoms with E-state index in [0.717, 1.165) is 101 Å². The number of piperidine rings is 4. The molecule has 0 bridgehead atoms. The number of ether oxygens (including phenoxy) is 2. The van der Waals surface area contributed by atoms with Gasteiger partial charge in [-0.05, 0) is 137 Å². The summed E-state index contributed by atoms with van der Waals surface area (Å²) in [4.78, 5) is 60.5. The third kappa shape index (κ3) is 11.2. The molecule has 0 aromatic heterocycles. The molecule has 0 radical (unpaired) electrons. The molecule has 2 atom stereocenters. The highest BCUT2D eigenvalue weighted by Crippen LogP contribution is 2.39. The lowest BCUT2D eigenvalue weighted by Crippen LogP contribution is -2.47. The fraction of sp³-hybridized carbons (Fsp3) is 0.551. The van der Waals surface area contributed by atoms with E-state index < -0.39 is 39.5 Å². The Hall–Kier alpha value is -5.10. The zero-order valence-corrected chi connectivity index (χ0v) is 39.2. The molecule has 5 heterocycles. The Kier molecular flexibility index (Phi) is 15.0. The minimum atomic E-state index is -3.62. The van der Waals surface area contributed by atoms with E-state index >= 15 is 4.39 Å². The first-order chi connectivity index (χ1) is 31.8. The number of benzene rings is 3. The third-order valence-electron chi connectivity index (χ3n) is 14.1. The van der Waals surface area contributed by atoms with Gasteiger partial charge in [-0.3, -0.25) is 29.4 Å². The smallest absolute Gasteiger partial charge is 0.264 e. The number of likely N-dealkylation sites (tertiary alicyclic amines) is 3. The molecule has 4 fully saturated rings. The van der Waals surface area contributed by atoms with Crippen molar-refractivity contribution in [1.82, 2.24) is 24.9 Å². The maximum Gasteiger partial charge on any atom is 0.264 e. The van der Waals surface area contributed by atoms with Gasteiger partial charge in [-0.1, -0.05) is 18.2 Å². The zero-order valence-electron chi connectivity index (χ0n) is 38.4. The molecule has 3 N–H and O–H groups in total. The number of fused-ring (bicyclic) bond motifs is 1. The summed E-state index contributed by atoms with van der Waals surface area (Å²) in [6.45, 7) is 11.2. The summed E-state index contributed by atoms with van der Waals surface area (Å²) in [5.74, 6) is -0.705. The van der Waals surface area contributed by atoms with Gasteiger partial charge in [0, 0.05) is 62.8 Å². The summed E-state index contributed by atoms with van der Waals surface area (Å²) in [7, 11) is -2.11. The van der Waals surface area contributed by atoms with E-state index in [9.17, 15) is 27.6 Å². The maximum absolute atomic E-state index is 15.3. The second-order valence-electron chi connectivity index (χ2n) is 18.7. The van der Waals surface area contributed by atoms with Crippen molar-refractivity contribution in [1.29, 1.82) is 0 Å². The standard InChI is InChI=1S/C49H64FN7O8S/c1-4-65-44-28-34(8-12-43(44)64-2)42(31-66(3,62)63)57-48(60)38-6-5-7-40(46(38)49(57)61)51-35-18-24-56(25-19-35)30-32-14-20-54(21-15-32)26-27-55-22-16-33(17-23-55)37-10-9-36(29-39(37)50)52-41-11-13-45(58)53-47(41)59/h5-10,12,28-29,32-33,35,41-42,51-52H,4,11,13-27,30-31H2,1-3H3,(H,53,58,59)/t41?,42-/m1/s1. The lowest BCUT2D eigenvalue weighted by Gasteiger charge is -2.39. The third-order valence-corrected chi connectivity index (χ3v) is 15.0. The number of carbonyl (C=O) groups excluding carboxylic acids is 4. The van der Waals surface area contributed by atoms with Crippen molar-refractivity contribution in [2.75, 3.05) is 95.3 Å². The lowest BCUT2D eigenvalue weighted by molar-refractivity contribution is -0.133. The number of sulfone groups is 1. The van der Waals surface area contributed by atoms with Crippen molar-refractivity contribution in [3.8, 4) is 11.5 Å². The van der Waals surface area contributed by atoms with Crippen LogP contribution < -0.4 is 25.4 Å². The monoisotopic (exact) mass is 929 g/mol. The van der Waals surface area contributed by atoms with Crippen LogP contribution in [0.3, 0.4) is 0 Å². The molecule has 0 aliphatic carbocycles. The highest BCUT2D eigenvalue weighted by Gasteiger charge is 2.44. The van der Waals surface area contributed by atoms with Crippen LogP contribution >= 0.6 is 0 Å². The average molecular weight is 930 g/mol. The quantitative estimate of drug-likeness (QED) is 0.149. The minimum absolute atomic E-state index is 0.118. The van der Waals surface area contributed by atoms with Gasteiger partial charge in [0.1, 0.15) is 21.7 Å². The van der Waals surface area contributed by atoms with Crippen LogP contribution in [0.2, 0.25) is 0 Å². The van der Waals surface area contributed by atoms with Crippen molar-refractivity contribution < 1.29 is 41.5 Å². The van der Waals surface area contributed by atoms with E-state index in [2.05, 4.69) is 30.7 Å². The Morgan fingerprint density at radius 2 is 1.50 bits per heavy atom. The Morgan fingerprint density at radius 1 is 0.803 bits per heavy atom. The van der Waals surface area contributed by atoms with Gasteiger partial charge in [-0.15, -0.1) is 0 Å². The van der Waals surface area contributed by atoms with Gasteiger partial charge >= 0.3 is 0 Å². The van der Waals surface area contributed by atoms with Crippen LogP contribution in [0.1, 0.15) is 102 Å². The molecule has 356 valence electrons. The molecule has 1 unspecified atom stereocenters. The number of carbonyl (C=O) groups is 4. The summed E-state index contributed by atoms with van der Waals surface area (Å²) in [6, 6.07) is 13.9. The van der Waals surface area contributed by atoms with Crippen molar-refractivity contribution in [2.45, 2.75) is 82.3 Å². The highest BCUT2D eigenvalue weighted by molar-refractivity contribution is 7.90. The van der Waals surface area contributed by atoms with E-state index in [0.29, 0.717) is 47.4 Å². The second kappa shape index (κ2) is 20.8. The van der Waals surface area contributed by atoms with Crippen LogP contribution in [-0.4, -0.2) is 148 Å². The Morgan fingerprint density at radius 3 is 2.15 bits per heavy atom. The number of nitrogens with zero attached hydrogens (tertiary/aromatic N) is 4. The molecule has 4 amide bonds. The molecular formula is C49H64FN7O8S. The van der Waals surface area contributed by atoms with E-state index in [1.807, 2.05) is 25.1 Å². The molecule has 66 heavy (non-hydrogen) atoms. The molecule has 4 saturated heterocycles. The first-order valence-corrected chi connectivity index (χ1v) is 25.7. The maximum atomic E-state index is 15.3. The first-order valence-electron chi connectivity index (χ1n) is 23.6. The summed E-state index contributed by atoms with van der Waals surface area (Å²) in [6.07, 6.45) is 7.71. The average Bonchev–Trinajstić information content (AvgIpc) is 3.56. The van der Waals surface area contributed by atoms with Crippen LogP contribution in [0.25, 0.3) is 0 Å². The Bertz CT molecular complexity index is 2380. The van der Waals surface area contributed by atoms with Gasteiger partial charge in [0.2, 0.25) is 11.8 Å².